The summed E-state index contributed by atoms with van der Waals surface area (Å²) >= 11 is 0. The summed E-state index contributed by atoms with van der Waals surface area (Å²) in [7, 11) is 1.62. The van der Waals surface area contributed by atoms with E-state index in [2.05, 4.69) is 11.4 Å². The quantitative estimate of drug-likeness (QED) is 0.661. The van der Waals surface area contributed by atoms with Crippen LogP contribution in [0.4, 0.5) is 0 Å². The number of methoxy groups -OCH3 is 1. The van der Waals surface area contributed by atoms with E-state index in [-0.39, 0.29) is 17.7 Å². The predicted molar refractivity (Wildman–Crippen MR) is 126 cm³/mol. The number of hydrogen-bond acceptors (Lipinski definition) is 3. The minimum absolute atomic E-state index is 0.0284. The van der Waals surface area contributed by atoms with Crippen molar-refractivity contribution in [1.82, 2.24) is 10.2 Å². The maximum absolute atomic E-state index is 13.0. The molecule has 0 bridgehead atoms. The van der Waals surface area contributed by atoms with E-state index in [9.17, 15) is 9.59 Å². The summed E-state index contributed by atoms with van der Waals surface area (Å²) in [5.74, 6) is 1.08. The van der Waals surface area contributed by atoms with Crippen molar-refractivity contribution in [2.75, 3.05) is 20.2 Å². The fraction of sp³-hybridized carbons (Fsp3) is 0.481. The van der Waals surface area contributed by atoms with Gasteiger partial charge in [-0.3, -0.25) is 9.59 Å². The van der Waals surface area contributed by atoms with Crippen molar-refractivity contribution < 1.29 is 14.3 Å². The standard InChI is InChI=1S/C27H34N2O3/c1-32-25-15-13-20(14-16-25)27(31)29-17-7-10-23(19-29)21-8-6-9-22(18-21)26(30)28-24-11-4-2-3-5-12-24/h6,8-9,13-16,18,23-24H,2-5,7,10-12,17,19H2,1H3,(H,28,30)/t23-/m1/s1. The van der Waals surface area contributed by atoms with Gasteiger partial charge in [0.05, 0.1) is 7.11 Å². The third kappa shape index (κ3) is 5.50. The van der Waals surface area contributed by atoms with Gasteiger partial charge in [-0.2, -0.15) is 0 Å². The molecule has 2 aliphatic rings. The smallest absolute Gasteiger partial charge is 0.253 e. The summed E-state index contributed by atoms with van der Waals surface area (Å²) in [4.78, 5) is 27.8. The molecule has 5 heteroatoms. The Morgan fingerprint density at radius 3 is 2.38 bits per heavy atom. The first-order valence-electron chi connectivity index (χ1n) is 12.0. The van der Waals surface area contributed by atoms with Crippen LogP contribution in [0.25, 0.3) is 0 Å². The summed E-state index contributed by atoms with van der Waals surface area (Å²) in [6.45, 7) is 1.45. The predicted octanol–water partition coefficient (Wildman–Crippen LogP) is 5.17. The highest BCUT2D eigenvalue weighted by Gasteiger charge is 2.26. The summed E-state index contributed by atoms with van der Waals surface area (Å²) < 4.78 is 5.20. The van der Waals surface area contributed by atoms with Crippen LogP contribution < -0.4 is 10.1 Å². The van der Waals surface area contributed by atoms with Crippen molar-refractivity contribution in [2.45, 2.75) is 63.3 Å². The van der Waals surface area contributed by atoms with E-state index in [1.54, 1.807) is 7.11 Å². The topological polar surface area (TPSA) is 58.6 Å². The molecular weight excluding hydrogens is 400 g/mol. The average molecular weight is 435 g/mol. The molecule has 170 valence electrons. The molecule has 1 atom stereocenters. The molecule has 1 saturated heterocycles. The van der Waals surface area contributed by atoms with Crippen LogP contribution in [0.1, 0.15) is 83.6 Å². The molecule has 0 radical (unpaired) electrons. The molecule has 1 aliphatic carbocycles. The van der Waals surface area contributed by atoms with Crippen LogP contribution in [0.15, 0.2) is 48.5 Å². The molecule has 1 heterocycles. The molecule has 4 rings (SSSR count). The number of amides is 2. The summed E-state index contributed by atoms with van der Waals surface area (Å²) in [6.07, 6.45) is 9.10. The number of likely N-dealkylation sites (tertiary alicyclic amines) is 1. The molecule has 2 fully saturated rings. The van der Waals surface area contributed by atoms with Gasteiger partial charge in [-0.15, -0.1) is 0 Å². The highest BCUT2D eigenvalue weighted by Crippen LogP contribution is 2.29. The van der Waals surface area contributed by atoms with E-state index in [1.807, 2.05) is 47.4 Å². The fourth-order valence-corrected chi connectivity index (χ4v) is 4.98. The second-order valence-corrected chi connectivity index (χ2v) is 9.11. The number of hydrogen-bond donors (Lipinski definition) is 1. The highest BCUT2D eigenvalue weighted by molar-refractivity contribution is 5.95. The van der Waals surface area contributed by atoms with Gasteiger partial charge >= 0.3 is 0 Å². The number of nitrogens with one attached hydrogen (secondary N) is 1. The van der Waals surface area contributed by atoms with Crippen LogP contribution in [-0.4, -0.2) is 43.0 Å². The first kappa shape index (κ1) is 22.4. The van der Waals surface area contributed by atoms with Crippen LogP contribution in [0.5, 0.6) is 5.75 Å². The number of piperidine rings is 1. The van der Waals surface area contributed by atoms with Crippen molar-refractivity contribution in [3.63, 3.8) is 0 Å². The van der Waals surface area contributed by atoms with E-state index >= 15 is 0 Å². The first-order valence-corrected chi connectivity index (χ1v) is 12.0. The normalized spacial score (nSPS) is 19.8. The lowest BCUT2D eigenvalue weighted by Gasteiger charge is -2.33. The fourth-order valence-electron chi connectivity index (χ4n) is 4.98. The van der Waals surface area contributed by atoms with Crippen molar-refractivity contribution in [1.29, 1.82) is 0 Å². The second kappa shape index (κ2) is 10.7. The number of benzene rings is 2. The van der Waals surface area contributed by atoms with Crippen molar-refractivity contribution >= 4 is 11.8 Å². The Hall–Kier alpha value is -2.82. The lowest BCUT2D eigenvalue weighted by Crippen LogP contribution is -2.39. The molecule has 2 amide bonds. The molecular formula is C27H34N2O3. The highest BCUT2D eigenvalue weighted by atomic mass is 16.5. The van der Waals surface area contributed by atoms with Crippen LogP contribution in [-0.2, 0) is 0 Å². The molecule has 0 unspecified atom stereocenters. The molecule has 5 nitrogen and oxygen atoms in total. The Morgan fingerprint density at radius 1 is 0.906 bits per heavy atom. The number of carbonyl (C=O) groups excluding carboxylic acids is 2. The van der Waals surface area contributed by atoms with Crippen molar-refractivity contribution in [3.05, 3.63) is 65.2 Å². The Morgan fingerprint density at radius 2 is 1.66 bits per heavy atom. The van der Waals surface area contributed by atoms with Gasteiger partial charge in [-0.1, -0.05) is 37.8 Å². The molecule has 0 aromatic heterocycles. The van der Waals surface area contributed by atoms with Crippen LogP contribution in [0.3, 0.4) is 0 Å². The van der Waals surface area contributed by atoms with Crippen LogP contribution in [0, 0.1) is 0 Å². The Balaban J connectivity index is 1.41. The van der Waals surface area contributed by atoms with E-state index < -0.39 is 0 Å². The third-order valence-corrected chi connectivity index (χ3v) is 6.86. The van der Waals surface area contributed by atoms with Gasteiger partial charge in [0, 0.05) is 36.2 Å². The maximum atomic E-state index is 13.0. The number of rotatable bonds is 5. The zero-order valence-corrected chi connectivity index (χ0v) is 19.0. The molecule has 1 aliphatic heterocycles. The summed E-state index contributed by atoms with van der Waals surface area (Å²) in [5.41, 5.74) is 2.55. The van der Waals surface area contributed by atoms with Gasteiger partial charge in [0.2, 0.25) is 0 Å². The van der Waals surface area contributed by atoms with E-state index in [4.69, 9.17) is 4.74 Å². The Bertz CT molecular complexity index is 917. The van der Waals surface area contributed by atoms with Gasteiger partial charge in [0.1, 0.15) is 5.75 Å². The van der Waals surface area contributed by atoms with Gasteiger partial charge in [0.15, 0.2) is 0 Å². The number of nitrogens with zero attached hydrogens (tertiary/aromatic N) is 1. The monoisotopic (exact) mass is 434 g/mol. The van der Waals surface area contributed by atoms with Crippen LogP contribution in [0.2, 0.25) is 0 Å². The average Bonchev–Trinajstić information content (AvgIpc) is 3.12. The first-order chi connectivity index (χ1) is 15.6. The summed E-state index contributed by atoms with van der Waals surface area (Å²) in [6, 6.07) is 15.6. The largest absolute Gasteiger partial charge is 0.497 e. The molecule has 2 aromatic rings. The summed E-state index contributed by atoms with van der Waals surface area (Å²) in [5, 5.41) is 3.25. The molecule has 1 saturated carbocycles. The minimum Gasteiger partial charge on any atom is -0.497 e. The third-order valence-electron chi connectivity index (χ3n) is 6.86. The van der Waals surface area contributed by atoms with E-state index in [1.165, 1.54) is 25.7 Å². The zero-order chi connectivity index (χ0) is 22.3. The lowest BCUT2D eigenvalue weighted by atomic mass is 9.89. The lowest BCUT2D eigenvalue weighted by molar-refractivity contribution is 0.0706. The molecule has 1 N–H and O–H groups in total. The van der Waals surface area contributed by atoms with Crippen LogP contribution >= 0.6 is 0 Å². The van der Waals surface area contributed by atoms with E-state index in [0.717, 1.165) is 49.1 Å². The molecule has 32 heavy (non-hydrogen) atoms. The second-order valence-electron chi connectivity index (χ2n) is 9.11. The van der Waals surface area contributed by atoms with Gasteiger partial charge in [-0.25, -0.2) is 0 Å². The minimum atomic E-state index is 0.0284. The van der Waals surface area contributed by atoms with Crippen molar-refractivity contribution in [2.24, 2.45) is 0 Å². The molecule has 0 spiro atoms. The Labute approximate surface area is 191 Å². The van der Waals surface area contributed by atoms with Gasteiger partial charge in [-0.05, 0) is 67.6 Å². The Kier molecular flexibility index (Phi) is 7.46. The van der Waals surface area contributed by atoms with Crippen molar-refractivity contribution in [3.8, 4) is 5.75 Å². The van der Waals surface area contributed by atoms with E-state index in [0.29, 0.717) is 18.2 Å². The van der Waals surface area contributed by atoms with Gasteiger partial charge in [0.25, 0.3) is 11.8 Å². The number of carbonyl (C=O) groups is 2. The zero-order valence-electron chi connectivity index (χ0n) is 19.0. The number of ether oxygens (including phenoxy) is 1. The maximum Gasteiger partial charge on any atom is 0.253 e. The van der Waals surface area contributed by atoms with Gasteiger partial charge < -0.3 is 15.0 Å². The SMILES string of the molecule is COc1ccc(C(=O)N2CCC[C@@H](c3cccc(C(=O)NC4CCCCCC4)c3)C2)cc1. The molecule has 2 aromatic carbocycles.